The molecule has 38 heavy (non-hydrogen) atoms. The Labute approximate surface area is 217 Å². The van der Waals surface area contributed by atoms with E-state index in [0.29, 0.717) is 24.1 Å². The topological polar surface area (TPSA) is 135 Å². The van der Waals surface area contributed by atoms with Crippen molar-refractivity contribution in [3.05, 3.63) is 78.1 Å². The number of hydrogen-bond donors (Lipinski definition) is 4. The van der Waals surface area contributed by atoms with Gasteiger partial charge in [0.2, 0.25) is 11.8 Å². The number of amides is 4. The zero-order valence-electron chi connectivity index (χ0n) is 20.4. The van der Waals surface area contributed by atoms with E-state index in [-0.39, 0.29) is 41.5 Å². The predicted octanol–water partition coefficient (Wildman–Crippen LogP) is 4.50. The Hall–Kier alpha value is -4.38. The second-order valence-corrected chi connectivity index (χ2v) is 9.03. The van der Waals surface area contributed by atoms with Gasteiger partial charge in [0.25, 0.3) is 0 Å². The van der Waals surface area contributed by atoms with Gasteiger partial charge in [-0.05, 0) is 55.5 Å². The molecule has 0 aliphatic heterocycles. The summed E-state index contributed by atoms with van der Waals surface area (Å²) in [5, 5.41) is 7.31. The Bertz CT molecular complexity index is 1310. The van der Waals surface area contributed by atoms with Crippen LogP contribution >= 0.6 is 0 Å². The standard InChI is InChI=1S/C27H27F2N5O4/c28-18-5-1-16(2-6-18)13-25(35)34-27(37)32-20-9-10-23(21(29)14-20)38-24-11-12-31-15-22(24)33-26(36)17-3-7-19(30)8-4-17/h1-2,5-6,9-12,14-15,17,19H,3-4,7-8,13,30H2,(H,33,36)(H2,32,34,35,37)/t17-,19+. The lowest BCUT2D eigenvalue weighted by Gasteiger charge is -2.25. The number of benzene rings is 2. The number of hydrogen-bond acceptors (Lipinski definition) is 6. The number of anilines is 2. The number of nitrogens with zero attached hydrogens (tertiary/aromatic N) is 1. The van der Waals surface area contributed by atoms with Crippen LogP contribution in [0.15, 0.2) is 60.9 Å². The number of rotatable bonds is 7. The summed E-state index contributed by atoms with van der Waals surface area (Å²) in [4.78, 5) is 40.9. The van der Waals surface area contributed by atoms with Crippen molar-refractivity contribution in [2.45, 2.75) is 38.1 Å². The number of ether oxygens (including phenoxy) is 1. The van der Waals surface area contributed by atoms with E-state index >= 15 is 0 Å². The third kappa shape index (κ3) is 7.32. The quantitative estimate of drug-likeness (QED) is 0.360. The lowest BCUT2D eigenvalue weighted by Crippen LogP contribution is -2.35. The van der Waals surface area contributed by atoms with Crippen molar-refractivity contribution in [1.29, 1.82) is 0 Å². The largest absolute Gasteiger partial charge is 0.452 e. The van der Waals surface area contributed by atoms with Crippen molar-refractivity contribution >= 4 is 29.2 Å². The number of pyridine rings is 1. The van der Waals surface area contributed by atoms with Crippen LogP contribution in [0.4, 0.5) is 25.0 Å². The molecule has 4 amide bonds. The van der Waals surface area contributed by atoms with Crippen molar-refractivity contribution < 1.29 is 27.9 Å². The number of carbonyl (C=O) groups excluding carboxylic acids is 3. The summed E-state index contributed by atoms with van der Waals surface area (Å²) < 4.78 is 33.5. The third-order valence-electron chi connectivity index (χ3n) is 6.12. The maximum Gasteiger partial charge on any atom is 0.325 e. The minimum absolute atomic E-state index is 0.0840. The number of halogens is 2. The van der Waals surface area contributed by atoms with Crippen LogP contribution in [0.1, 0.15) is 31.2 Å². The van der Waals surface area contributed by atoms with Crippen molar-refractivity contribution in [2.24, 2.45) is 11.7 Å². The van der Waals surface area contributed by atoms with Crippen LogP contribution in [0.25, 0.3) is 0 Å². The van der Waals surface area contributed by atoms with Gasteiger partial charge in [-0.3, -0.25) is 19.9 Å². The Morgan fingerprint density at radius 3 is 2.39 bits per heavy atom. The molecule has 4 rings (SSSR count). The summed E-state index contributed by atoms with van der Waals surface area (Å²) in [5.74, 6) is -2.11. The molecule has 0 spiro atoms. The zero-order valence-corrected chi connectivity index (χ0v) is 20.4. The van der Waals surface area contributed by atoms with Crippen molar-refractivity contribution in [3.8, 4) is 11.5 Å². The molecule has 1 aromatic heterocycles. The minimum atomic E-state index is -0.854. The number of imide groups is 1. The van der Waals surface area contributed by atoms with Gasteiger partial charge in [0.05, 0.1) is 12.6 Å². The molecule has 1 aliphatic carbocycles. The molecular formula is C27H27F2N5O4. The Morgan fingerprint density at radius 1 is 0.947 bits per heavy atom. The molecular weight excluding hydrogens is 496 g/mol. The summed E-state index contributed by atoms with van der Waals surface area (Å²) in [6.07, 6.45) is 5.68. The van der Waals surface area contributed by atoms with Gasteiger partial charge in [-0.2, -0.15) is 0 Å². The molecule has 0 atom stereocenters. The molecule has 11 heteroatoms. The first-order valence-electron chi connectivity index (χ1n) is 12.1. The number of urea groups is 1. The van der Waals surface area contributed by atoms with Gasteiger partial charge in [0, 0.05) is 36.0 Å². The number of nitrogens with two attached hydrogens (primary N) is 1. The van der Waals surface area contributed by atoms with E-state index < -0.39 is 23.6 Å². The average molecular weight is 524 g/mol. The molecule has 1 aliphatic rings. The molecule has 3 aromatic rings. The minimum Gasteiger partial charge on any atom is -0.452 e. The van der Waals surface area contributed by atoms with E-state index in [0.717, 1.165) is 18.9 Å². The highest BCUT2D eigenvalue weighted by atomic mass is 19.1. The predicted molar refractivity (Wildman–Crippen MR) is 137 cm³/mol. The average Bonchev–Trinajstić information content (AvgIpc) is 2.88. The van der Waals surface area contributed by atoms with Gasteiger partial charge in [-0.1, -0.05) is 12.1 Å². The van der Waals surface area contributed by atoms with Crippen LogP contribution in [0.3, 0.4) is 0 Å². The van der Waals surface area contributed by atoms with Gasteiger partial charge < -0.3 is 21.1 Å². The smallest absolute Gasteiger partial charge is 0.325 e. The molecule has 0 saturated heterocycles. The first-order valence-corrected chi connectivity index (χ1v) is 12.1. The van der Waals surface area contributed by atoms with Gasteiger partial charge in [0.1, 0.15) is 11.5 Å². The molecule has 0 radical (unpaired) electrons. The first-order chi connectivity index (χ1) is 18.3. The highest BCUT2D eigenvalue weighted by molar-refractivity contribution is 6.01. The van der Waals surface area contributed by atoms with Crippen LogP contribution in [0.2, 0.25) is 0 Å². The van der Waals surface area contributed by atoms with E-state index in [4.69, 9.17) is 10.5 Å². The van der Waals surface area contributed by atoms with Gasteiger partial charge >= 0.3 is 6.03 Å². The maximum atomic E-state index is 14.8. The molecule has 9 nitrogen and oxygen atoms in total. The molecule has 1 heterocycles. The van der Waals surface area contributed by atoms with E-state index in [1.54, 1.807) is 0 Å². The van der Waals surface area contributed by atoms with E-state index in [1.807, 2.05) is 0 Å². The van der Waals surface area contributed by atoms with Crippen molar-refractivity contribution in [1.82, 2.24) is 10.3 Å². The van der Waals surface area contributed by atoms with Crippen LogP contribution in [0.5, 0.6) is 11.5 Å². The number of nitrogens with one attached hydrogen (secondary N) is 3. The van der Waals surface area contributed by atoms with E-state index in [9.17, 15) is 23.2 Å². The summed E-state index contributed by atoms with van der Waals surface area (Å²) in [7, 11) is 0. The molecule has 2 aromatic carbocycles. The van der Waals surface area contributed by atoms with Gasteiger partial charge in [-0.25, -0.2) is 13.6 Å². The summed E-state index contributed by atoms with van der Waals surface area (Å²) >= 11 is 0. The molecule has 0 unspecified atom stereocenters. The monoisotopic (exact) mass is 523 g/mol. The number of aromatic nitrogens is 1. The second kappa shape index (κ2) is 12.2. The summed E-state index contributed by atoms with van der Waals surface area (Å²) in [6.45, 7) is 0. The van der Waals surface area contributed by atoms with Crippen molar-refractivity contribution in [2.75, 3.05) is 10.6 Å². The molecule has 1 saturated carbocycles. The lowest BCUT2D eigenvalue weighted by atomic mass is 9.86. The third-order valence-corrected chi connectivity index (χ3v) is 6.12. The van der Waals surface area contributed by atoms with Crippen LogP contribution < -0.4 is 26.4 Å². The van der Waals surface area contributed by atoms with Crippen LogP contribution in [-0.4, -0.2) is 28.9 Å². The molecule has 1 fully saturated rings. The Morgan fingerprint density at radius 2 is 1.68 bits per heavy atom. The summed E-state index contributed by atoms with van der Waals surface area (Å²) in [6, 6.07) is 9.79. The van der Waals surface area contributed by atoms with E-state index in [2.05, 4.69) is 20.9 Å². The SMILES string of the molecule is N[C@H]1CC[C@@H](C(=O)Nc2cnccc2Oc2ccc(NC(=O)NC(=O)Cc3ccc(F)cc3)cc2F)CC1. The van der Waals surface area contributed by atoms with E-state index in [1.165, 1.54) is 54.9 Å². The second-order valence-electron chi connectivity index (χ2n) is 9.03. The number of carbonyl (C=O) groups is 3. The fraction of sp³-hybridized carbons (Fsp3) is 0.259. The fourth-order valence-corrected chi connectivity index (χ4v) is 4.08. The maximum absolute atomic E-state index is 14.8. The van der Waals surface area contributed by atoms with Crippen molar-refractivity contribution in [3.63, 3.8) is 0 Å². The highest BCUT2D eigenvalue weighted by Crippen LogP contribution is 2.32. The first kappa shape index (κ1) is 26.7. The zero-order chi connectivity index (χ0) is 27.1. The normalized spacial score (nSPS) is 16.8. The van der Waals surface area contributed by atoms with Crippen LogP contribution in [0, 0.1) is 17.6 Å². The van der Waals surface area contributed by atoms with Crippen LogP contribution in [-0.2, 0) is 16.0 Å². The fourth-order valence-electron chi connectivity index (χ4n) is 4.08. The van der Waals surface area contributed by atoms with Gasteiger partial charge in [-0.15, -0.1) is 0 Å². The lowest BCUT2D eigenvalue weighted by molar-refractivity contribution is -0.121. The van der Waals surface area contributed by atoms with Gasteiger partial charge in [0.15, 0.2) is 17.3 Å². The summed E-state index contributed by atoms with van der Waals surface area (Å²) in [5.41, 5.74) is 6.83. The molecule has 0 bridgehead atoms. The Balaban J connectivity index is 1.34. The highest BCUT2D eigenvalue weighted by Gasteiger charge is 2.25. The molecule has 198 valence electrons. The Kier molecular flexibility index (Phi) is 8.59. The molecule has 5 N–H and O–H groups in total.